The fourth-order valence-corrected chi connectivity index (χ4v) is 2.30. The Labute approximate surface area is 111 Å². The summed E-state index contributed by atoms with van der Waals surface area (Å²) in [6, 6.07) is 7.69. The standard InChI is InChI=1S/C13H16N2O2S/c1-9(2)15(8-13(16)17)11-5-4-6-12(18-3)10(11)7-14/h4-6,9H,8H2,1-3H3,(H,16,17). The van der Waals surface area contributed by atoms with Crippen molar-refractivity contribution in [3.63, 3.8) is 0 Å². The summed E-state index contributed by atoms with van der Waals surface area (Å²) in [6.45, 7) is 3.72. The second kappa shape index (κ2) is 6.31. The van der Waals surface area contributed by atoms with Gasteiger partial charge in [0.1, 0.15) is 12.6 Å². The molecule has 18 heavy (non-hydrogen) atoms. The normalized spacial score (nSPS) is 10.2. The van der Waals surface area contributed by atoms with Gasteiger partial charge in [0.2, 0.25) is 0 Å². The third kappa shape index (κ3) is 3.17. The molecule has 0 aliphatic heterocycles. The fourth-order valence-electron chi connectivity index (χ4n) is 1.73. The molecule has 0 bridgehead atoms. The van der Waals surface area contributed by atoms with Crippen LogP contribution in [0, 0.1) is 11.3 Å². The van der Waals surface area contributed by atoms with Crippen molar-refractivity contribution in [1.82, 2.24) is 0 Å². The number of carboxylic acid groups (broad SMARTS) is 1. The second-order valence-electron chi connectivity index (χ2n) is 4.08. The molecule has 0 unspecified atom stereocenters. The van der Waals surface area contributed by atoms with Crippen molar-refractivity contribution in [2.24, 2.45) is 0 Å². The monoisotopic (exact) mass is 264 g/mol. The molecule has 0 saturated carbocycles. The minimum Gasteiger partial charge on any atom is -0.480 e. The SMILES string of the molecule is CSc1cccc(N(CC(=O)O)C(C)C)c1C#N. The summed E-state index contributed by atoms with van der Waals surface area (Å²) < 4.78 is 0. The van der Waals surface area contributed by atoms with Crippen LogP contribution in [0.15, 0.2) is 23.1 Å². The van der Waals surface area contributed by atoms with Crippen molar-refractivity contribution in [3.05, 3.63) is 23.8 Å². The number of thioether (sulfide) groups is 1. The van der Waals surface area contributed by atoms with Crippen LogP contribution >= 0.6 is 11.8 Å². The molecule has 1 aromatic rings. The molecule has 4 nitrogen and oxygen atoms in total. The number of nitrogens with zero attached hydrogens (tertiary/aromatic N) is 2. The van der Waals surface area contributed by atoms with Crippen LogP contribution in [-0.4, -0.2) is 29.9 Å². The van der Waals surface area contributed by atoms with Gasteiger partial charge < -0.3 is 10.0 Å². The molecular formula is C13H16N2O2S. The van der Waals surface area contributed by atoms with E-state index >= 15 is 0 Å². The van der Waals surface area contributed by atoms with E-state index in [0.29, 0.717) is 11.3 Å². The van der Waals surface area contributed by atoms with Crippen molar-refractivity contribution < 1.29 is 9.90 Å². The van der Waals surface area contributed by atoms with E-state index in [2.05, 4.69) is 6.07 Å². The maximum atomic E-state index is 10.9. The number of rotatable bonds is 5. The van der Waals surface area contributed by atoms with Crippen LogP contribution in [-0.2, 0) is 4.79 Å². The molecule has 1 rings (SSSR count). The molecule has 5 heteroatoms. The summed E-state index contributed by atoms with van der Waals surface area (Å²) in [5.74, 6) is -0.901. The molecule has 1 N–H and O–H groups in total. The highest BCUT2D eigenvalue weighted by atomic mass is 32.2. The summed E-state index contributed by atoms with van der Waals surface area (Å²) >= 11 is 1.49. The number of carbonyl (C=O) groups is 1. The lowest BCUT2D eigenvalue weighted by atomic mass is 10.1. The lowest BCUT2D eigenvalue weighted by Crippen LogP contribution is -2.36. The molecule has 0 heterocycles. The van der Waals surface area contributed by atoms with Gasteiger partial charge in [-0.2, -0.15) is 5.26 Å². The Bertz CT molecular complexity index is 480. The van der Waals surface area contributed by atoms with E-state index in [0.717, 1.165) is 4.90 Å². The van der Waals surface area contributed by atoms with E-state index in [-0.39, 0.29) is 12.6 Å². The smallest absolute Gasteiger partial charge is 0.323 e. The number of nitriles is 1. The van der Waals surface area contributed by atoms with Gasteiger partial charge in [0.05, 0.1) is 11.3 Å². The molecule has 0 atom stereocenters. The van der Waals surface area contributed by atoms with Crippen LogP contribution in [0.4, 0.5) is 5.69 Å². The largest absolute Gasteiger partial charge is 0.480 e. The Morgan fingerprint density at radius 3 is 2.67 bits per heavy atom. The summed E-state index contributed by atoms with van der Waals surface area (Å²) in [4.78, 5) is 13.5. The maximum Gasteiger partial charge on any atom is 0.323 e. The van der Waals surface area contributed by atoms with Crippen molar-refractivity contribution in [2.75, 3.05) is 17.7 Å². The van der Waals surface area contributed by atoms with Crippen LogP contribution in [0.3, 0.4) is 0 Å². The van der Waals surface area contributed by atoms with Gasteiger partial charge in [-0.05, 0) is 32.2 Å². The molecule has 0 aliphatic carbocycles. The average molecular weight is 264 g/mol. The van der Waals surface area contributed by atoms with Crippen LogP contribution in [0.5, 0.6) is 0 Å². The Morgan fingerprint density at radius 2 is 2.22 bits per heavy atom. The summed E-state index contributed by atoms with van der Waals surface area (Å²) in [7, 11) is 0. The van der Waals surface area contributed by atoms with E-state index in [1.807, 2.05) is 32.2 Å². The molecule has 0 fully saturated rings. The minimum absolute atomic E-state index is 0.0188. The van der Waals surface area contributed by atoms with Crippen LogP contribution < -0.4 is 4.90 Å². The lowest BCUT2D eigenvalue weighted by molar-refractivity contribution is -0.135. The first kappa shape index (κ1) is 14.4. The minimum atomic E-state index is -0.901. The van der Waals surface area contributed by atoms with Crippen molar-refractivity contribution >= 4 is 23.4 Å². The third-order valence-electron chi connectivity index (χ3n) is 2.57. The van der Waals surface area contributed by atoms with Gasteiger partial charge in [-0.3, -0.25) is 4.79 Å². The van der Waals surface area contributed by atoms with E-state index in [9.17, 15) is 10.1 Å². The lowest BCUT2D eigenvalue weighted by Gasteiger charge is -2.28. The highest BCUT2D eigenvalue weighted by Gasteiger charge is 2.19. The van der Waals surface area contributed by atoms with E-state index in [1.54, 1.807) is 11.0 Å². The first-order valence-corrected chi connectivity index (χ1v) is 6.79. The third-order valence-corrected chi connectivity index (χ3v) is 3.35. The maximum absolute atomic E-state index is 10.9. The first-order valence-electron chi connectivity index (χ1n) is 5.56. The van der Waals surface area contributed by atoms with Gasteiger partial charge >= 0.3 is 5.97 Å². The van der Waals surface area contributed by atoms with E-state index < -0.39 is 5.97 Å². The van der Waals surface area contributed by atoms with Crippen LogP contribution in [0.25, 0.3) is 0 Å². The Kier molecular flexibility index (Phi) is 5.05. The predicted molar refractivity (Wildman–Crippen MR) is 73.1 cm³/mol. The summed E-state index contributed by atoms with van der Waals surface area (Å²) in [6.07, 6.45) is 1.90. The number of carboxylic acids is 1. The van der Waals surface area contributed by atoms with Crippen molar-refractivity contribution in [2.45, 2.75) is 24.8 Å². The first-order chi connectivity index (χ1) is 8.51. The molecule has 96 valence electrons. The molecule has 0 aromatic heterocycles. The van der Waals surface area contributed by atoms with Gasteiger partial charge in [-0.15, -0.1) is 11.8 Å². The number of aliphatic carboxylic acids is 1. The number of hydrogen-bond acceptors (Lipinski definition) is 4. The predicted octanol–water partition coefficient (Wildman–Crippen LogP) is 2.58. The van der Waals surface area contributed by atoms with E-state index in [1.165, 1.54) is 11.8 Å². The number of hydrogen-bond donors (Lipinski definition) is 1. The molecule has 0 amide bonds. The van der Waals surface area contributed by atoms with Gasteiger partial charge in [0.25, 0.3) is 0 Å². The molecule has 0 saturated heterocycles. The van der Waals surface area contributed by atoms with E-state index in [4.69, 9.17) is 5.11 Å². The number of benzene rings is 1. The Balaban J connectivity index is 3.28. The van der Waals surface area contributed by atoms with Gasteiger partial charge in [0, 0.05) is 10.9 Å². The second-order valence-corrected chi connectivity index (χ2v) is 4.93. The van der Waals surface area contributed by atoms with Crippen LogP contribution in [0.1, 0.15) is 19.4 Å². The molecule has 0 radical (unpaired) electrons. The Hall–Kier alpha value is -1.67. The molecular weight excluding hydrogens is 248 g/mol. The summed E-state index contributed by atoms with van der Waals surface area (Å²) in [5.41, 5.74) is 1.22. The van der Waals surface area contributed by atoms with Gasteiger partial charge in [-0.1, -0.05) is 6.07 Å². The van der Waals surface area contributed by atoms with Crippen LogP contribution in [0.2, 0.25) is 0 Å². The topological polar surface area (TPSA) is 64.3 Å². The molecule has 0 aliphatic rings. The zero-order chi connectivity index (χ0) is 13.7. The highest BCUT2D eigenvalue weighted by Crippen LogP contribution is 2.29. The average Bonchev–Trinajstić information content (AvgIpc) is 2.34. The molecule has 0 spiro atoms. The number of anilines is 1. The van der Waals surface area contributed by atoms with Crippen molar-refractivity contribution in [3.8, 4) is 6.07 Å². The van der Waals surface area contributed by atoms with Gasteiger partial charge in [0.15, 0.2) is 0 Å². The quantitative estimate of drug-likeness (QED) is 0.828. The highest BCUT2D eigenvalue weighted by molar-refractivity contribution is 7.98. The summed E-state index contributed by atoms with van der Waals surface area (Å²) in [5, 5.41) is 18.2. The van der Waals surface area contributed by atoms with Gasteiger partial charge in [-0.25, -0.2) is 0 Å². The zero-order valence-electron chi connectivity index (χ0n) is 10.7. The zero-order valence-corrected chi connectivity index (χ0v) is 11.5. The fraction of sp³-hybridized carbons (Fsp3) is 0.385. The molecule has 1 aromatic carbocycles. The Morgan fingerprint density at radius 1 is 1.56 bits per heavy atom. The van der Waals surface area contributed by atoms with Crippen molar-refractivity contribution in [1.29, 1.82) is 5.26 Å².